The standard InChI is InChI=1S/C24H21N7O2/c1-16(29-33-15-17-5-8-20(32-2)9-6-17)22-13-26-23-24(27-22)31(30-28-23)14-18-7-10-21-19(12-18)4-3-11-25-21/h3-13H,14-15H2,1-2H3. The van der Waals surface area contributed by atoms with Crippen molar-refractivity contribution in [3.8, 4) is 5.75 Å². The molecule has 33 heavy (non-hydrogen) atoms. The van der Waals surface area contributed by atoms with Crippen LogP contribution in [0.15, 0.2) is 72.1 Å². The van der Waals surface area contributed by atoms with E-state index in [2.05, 4.69) is 36.5 Å². The molecular formula is C24H21N7O2. The molecule has 0 fully saturated rings. The molecular weight excluding hydrogens is 418 g/mol. The Hall–Kier alpha value is -4.40. The van der Waals surface area contributed by atoms with Crippen LogP contribution in [0.25, 0.3) is 22.2 Å². The van der Waals surface area contributed by atoms with Crippen LogP contribution >= 0.6 is 0 Å². The van der Waals surface area contributed by atoms with Crippen LogP contribution in [-0.4, -0.2) is 42.8 Å². The molecule has 0 aliphatic carbocycles. The van der Waals surface area contributed by atoms with E-state index in [0.717, 1.165) is 27.8 Å². The second kappa shape index (κ2) is 8.99. The number of hydrogen-bond acceptors (Lipinski definition) is 8. The summed E-state index contributed by atoms with van der Waals surface area (Å²) in [5.74, 6) is 0.799. The number of rotatable bonds is 7. The van der Waals surface area contributed by atoms with E-state index in [-0.39, 0.29) is 0 Å². The van der Waals surface area contributed by atoms with Gasteiger partial charge in [-0.25, -0.2) is 14.6 Å². The Balaban J connectivity index is 1.33. The van der Waals surface area contributed by atoms with E-state index in [1.54, 1.807) is 24.2 Å². The van der Waals surface area contributed by atoms with Gasteiger partial charge < -0.3 is 9.57 Å². The molecule has 0 bridgehead atoms. The number of ether oxygens (including phenoxy) is 1. The third kappa shape index (κ3) is 4.47. The van der Waals surface area contributed by atoms with Crippen molar-refractivity contribution in [3.63, 3.8) is 0 Å². The Kier molecular flexibility index (Phi) is 5.59. The number of fused-ring (bicyclic) bond motifs is 2. The second-order valence-electron chi connectivity index (χ2n) is 7.48. The maximum atomic E-state index is 5.51. The monoisotopic (exact) mass is 439 g/mol. The Morgan fingerprint density at radius 2 is 1.88 bits per heavy atom. The van der Waals surface area contributed by atoms with Crippen LogP contribution < -0.4 is 4.74 Å². The number of hydrogen-bond donors (Lipinski definition) is 0. The molecule has 0 aliphatic rings. The summed E-state index contributed by atoms with van der Waals surface area (Å²) in [4.78, 5) is 18.9. The van der Waals surface area contributed by atoms with Gasteiger partial charge in [0.05, 0.1) is 25.4 Å². The highest BCUT2D eigenvalue weighted by molar-refractivity contribution is 5.97. The summed E-state index contributed by atoms with van der Waals surface area (Å²) in [6.45, 7) is 2.69. The Bertz CT molecular complexity index is 1440. The lowest BCUT2D eigenvalue weighted by atomic mass is 10.1. The maximum absolute atomic E-state index is 5.51. The van der Waals surface area contributed by atoms with E-state index in [1.165, 1.54) is 0 Å². The van der Waals surface area contributed by atoms with Crippen molar-refractivity contribution in [3.05, 3.63) is 83.8 Å². The minimum atomic E-state index is 0.341. The van der Waals surface area contributed by atoms with E-state index >= 15 is 0 Å². The van der Waals surface area contributed by atoms with Crippen LogP contribution in [0.4, 0.5) is 0 Å². The largest absolute Gasteiger partial charge is 0.497 e. The highest BCUT2D eigenvalue weighted by Gasteiger charge is 2.11. The molecule has 0 amide bonds. The quantitative estimate of drug-likeness (QED) is 0.281. The Morgan fingerprint density at radius 1 is 1.03 bits per heavy atom. The fourth-order valence-corrected chi connectivity index (χ4v) is 3.40. The van der Waals surface area contributed by atoms with Gasteiger partial charge in [0.15, 0.2) is 5.65 Å². The van der Waals surface area contributed by atoms with E-state index in [0.29, 0.717) is 35.9 Å². The number of nitrogens with zero attached hydrogens (tertiary/aromatic N) is 7. The fraction of sp³-hybridized carbons (Fsp3) is 0.167. The van der Waals surface area contributed by atoms with Crippen molar-refractivity contribution in [2.45, 2.75) is 20.1 Å². The van der Waals surface area contributed by atoms with E-state index in [9.17, 15) is 0 Å². The Morgan fingerprint density at radius 3 is 2.73 bits per heavy atom. The fourth-order valence-electron chi connectivity index (χ4n) is 3.40. The van der Waals surface area contributed by atoms with Gasteiger partial charge in [0.2, 0.25) is 5.65 Å². The highest BCUT2D eigenvalue weighted by atomic mass is 16.6. The van der Waals surface area contributed by atoms with Crippen LogP contribution in [-0.2, 0) is 18.0 Å². The van der Waals surface area contributed by atoms with Crippen molar-refractivity contribution >= 4 is 27.9 Å². The minimum Gasteiger partial charge on any atom is -0.497 e. The molecule has 0 spiro atoms. The summed E-state index contributed by atoms with van der Waals surface area (Å²) < 4.78 is 6.90. The van der Waals surface area contributed by atoms with Crippen LogP contribution in [0.5, 0.6) is 5.75 Å². The van der Waals surface area contributed by atoms with Gasteiger partial charge in [0, 0.05) is 11.6 Å². The van der Waals surface area contributed by atoms with Crippen molar-refractivity contribution in [2.75, 3.05) is 7.11 Å². The van der Waals surface area contributed by atoms with Gasteiger partial charge >= 0.3 is 0 Å². The molecule has 3 aromatic heterocycles. The first-order valence-electron chi connectivity index (χ1n) is 10.4. The van der Waals surface area contributed by atoms with Gasteiger partial charge in [-0.1, -0.05) is 34.6 Å². The minimum absolute atomic E-state index is 0.341. The average molecular weight is 439 g/mol. The molecule has 0 saturated heterocycles. The molecule has 3 heterocycles. The van der Waals surface area contributed by atoms with E-state index < -0.39 is 0 Å². The summed E-state index contributed by atoms with van der Waals surface area (Å²) in [6, 6.07) is 17.7. The summed E-state index contributed by atoms with van der Waals surface area (Å²) in [6.07, 6.45) is 3.41. The lowest BCUT2D eigenvalue weighted by molar-refractivity contribution is 0.130. The summed E-state index contributed by atoms with van der Waals surface area (Å²) >= 11 is 0. The van der Waals surface area contributed by atoms with Gasteiger partial charge in [-0.2, -0.15) is 0 Å². The SMILES string of the molecule is COc1ccc(CON=C(C)c2cnc3nnn(Cc4ccc5ncccc5c4)c3n2)cc1. The molecule has 0 aliphatic heterocycles. The highest BCUT2D eigenvalue weighted by Crippen LogP contribution is 2.16. The smallest absolute Gasteiger partial charge is 0.221 e. The number of methoxy groups -OCH3 is 1. The molecule has 0 N–H and O–H groups in total. The van der Waals surface area contributed by atoms with Crippen molar-refractivity contribution < 1.29 is 9.57 Å². The molecule has 2 aromatic carbocycles. The molecule has 0 radical (unpaired) electrons. The summed E-state index contributed by atoms with van der Waals surface area (Å²) in [7, 11) is 1.64. The zero-order chi connectivity index (χ0) is 22.6. The third-order valence-corrected chi connectivity index (χ3v) is 5.19. The van der Waals surface area contributed by atoms with Crippen LogP contribution in [0, 0.1) is 0 Å². The lowest BCUT2D eigenvalue weighted by Gasteiger charge is -2.05. The van der Waals surface area contributed by atoms with Gasteiger partial charge in [-0.3, -0.25) is 4.98 Å². The number of pyridine rings is 1. The van der Waals surface area contributed by atoms with Gasteiger partial charge in [0.1, 0.15) is 23.8 Å². The molecule has 5 aromatic rings. The molecule has 9 nitrogen and oxygen atoms in total. The first-order valence-corrected chi connectivity index (χ1v) is 10.4. The Labute approximate surface area is 189 Å². The number of aromatic nitrogens is 6. The van der Waals surface area contributed by atoms with E-state index in [4.69, 9.17) is 9.57 Å². The number of benzene rings is 2. The first-order chi connectivity index (χ1) is 16.2. The molecule has 0 saturated carbocycles. The zero-order valence-electron chi connectivity index (χ0n) is 18.2. The number of oxime groups is 1. The van der Waals surface area contributed by atoms with Gasteiger partial charge in [-0.15, -0.1) is 5.10 Å². The zero-order valence-corrected chi connectivity index (χ0v) is 18.2. The normalized spacial score (nSPS) is 11.8. The molecule has 0 atom stereocenters. The predicted molar refractivity (Wildman–Crippen MR) is 124 cm³/mol. The van der Waals surface area contributed by atoms with Gasteiger partial charge in [-0.05, 0) is 48.4 Å². The van der Waals surface area contributed by atoms with Gasteiger partial charge in [0.25, 0.3) is 0 Å². The van der Waals surface area contributed by atoms with Crippen molar-refractivity contribution in [2.24, 2.45) is 5.16 Å². The topological polar surface area (TPSA) is 100 Å². The average Bonchev–Trinajstić information content (AvgIpc) is 3.26. The van der Waals surface area contributed by atoms with Crippen molar-refractivity contribution in [1.82, 2.24) is 29.9 Å². The summed E-state index contributed by atoms with van der Waals surface area (Å²) in [5, 5.41) is 13.6. The van der Waals surface area contributed by atoms with Crippen LogP contribution in [0.2, 0.25) is 0 Å². The molecule has 9 heteroatoms. The molecule has 164 valence electrons. The first kappa shape index (κ1) is 20.5. The predicted octanol–water partition coefficient (Wildman–Crippen LogP) is 3.77. The second-order valence-corrected chi connectivity index (χ2v) is 7.48. The molecule has 5 rings (SSSR count). The van der Waals surface area contributed by atoms with Crippen molar-refractivity contribution in [1.29, 1.82) is 0 Å². The van der Waals surface area contributed by atoms with Crippen LogP contribution in [0.3, 0.4) is 0 Å². The lowest BCUT2D eigenvalue weighted by Crippen LogP contribution is -2.06. The van der Waals surface area contributed by atoms with E-state index in [1.807, 2.05) is 55.5 Å². The summed E-state index contributed by atoms with van der Waals surface area (Å²) in [5.41, 5.74) is 5.29. The third-order valence-electron chi connectivity index (χ3n) is 5.19. The van der Waals surface area contributed by atoms with Crippen LogP contribution in [0.1, 0.15) is 23.7 Å². The maximum Gasteiger partial charge on any atom is 0.221 e. The molecule has 0 unspecified atom stereocenters.